The minimum atomic E-state index is -0.859. The van der Waals surface area contributed by atoms with E-state index in [0.717, 1.165) is 24.2 Å². The molecular weight excluding hydrogens is 436 g/mol. The number of imide groups is 1. The van der Waals surface area contributed by atoms with E-state index in [1.807, 2.05) is 0 Å². The van der Waals surface area contributed by atoms with Crippen LogP contribution in [-0.4, -0.2) is 41.0 Å². The van der Waals surface area contributed by atoms with E-state index in [1.165, 1.54) is 0 Å². The van der Waals surface area contributed by atoms with E-state index in [9.17, 15) is 9.59 Å². The summed E-state index contributed by atoms with van der Waals surface area (Å²) in [5.74, 6) is 0.263. The number of anilines is 2. The number of nitrogens with zero attached hydrogens (tertiary/aromatic N) is 4. The molecule has 1 aromatic rings. The number of guanidine groups is 2. The van der Waals surface area contributed by atoms with Gasteiger partial charge in [-0.05, 0) is 79.4 Å². The van der Waals surface area contributed by atoms with E-state index in [1.54, 1.807) is 70.7 Å². The Kier molecular flexibility index (Phi) is 6.82. The van der Waals surface area contributed by atoms with Crippen LogP contribution in [0.15, 0.2) is 34.3 Å². The topological polar surface area (TPSA) is 136 Å². The molecule has 0 bridgehead atoms. The van der Waals surface area contributed by atoms with Crippen LogP contribution >= 0.6 is 0 Å². The van der Waals surface area contributed by atoms with Gasteiger partial charge in [0.1, 0.15) is 16.9 Å². The number of aliphatic imine (C=N–C) groups is 2. The second kappa shape index (κ2) is 9.15. The summed E-state index contributed by atoms with van der Waals surface area (Å²) in [5, 5.41) is 0. The molecule has 4 N–H and O–H groups in total. The Bertz CT molecular complexity index is 971. The van der Waals surface area contributed by atoms with Gasteiger partial charge in [-0.3, -0.25) is 4.90 Å². The van der Waals surface area contributed by atoms with Crippen molar-refractivity contribution < 1.29 is 19.1 Å². The third-order valence-corrected chi connectivity index (χ3v) is 5.37. The lowest BCUT2D eigenvalue weighted by Crippen LogP contribution is -2.58. The molecule has 2 aliphatic rings. The monoisotopic (exact) mass is 472 g/mol. The van der Waals surface area contributed by atoms with Crippen molar-refractivity contribution in [3.8, 4) is 0 Å². The van der Waals surface area contributed by atoms with Gasteiger partial charge in [0, 0.05) is 0 Å². The van der Waals surface area contributed by atoms with Gasteiger partial charge in [-0.2, -0.15) is 9.89 Å². The molecule has 0 aromatic heterocycles. The van der Waals surface area contributed by atoms with E-state index in [2.05, 4.69) is 4.99 Å². The van der Waals surface area contributed by atoms with E-state index in [0.29, 0.717) is 18.5 Å². The van der Waals surface area contributed by atoms with Crippen molar-refractivity contribution in [2.75, 3.05) is 9.80 Å². The molecule has 2 amide bonds. The quantitative estimate of drug-likeness (QED) is 0.648. The van der Waals surface area contributed by atoms with Crippen LogP contribution < -0.4 is 21.3 Å². The number of carbonyl (C=O) groups is 2. The zero-order valence-electron chi connectivity index (χ0n) is 20.9. The fourth-order valence-electron chi connectivity index (χ4n) is 4.20. The molecule has 1 aliphatic heterocycles. The molecule has 0 unspecified atom stereocenters. The second-order valence-corrected chi connectivity index (χ2v) is 10.6. The summed E-state index contributed by atoms with van der Waals surface area (Å²) in [5.41, 5.74) is 10.7. The highest BCUT2D eigenvalue weighted by molar-refractivity contribution is 6.14. The van der Waals surface area contributed by atoms with Crippen LogP contribution in [0.25, 0.3) is 0 Å². The average Bonchev–Trinajstić information content (AvgIpc) is 2.66. The average molecular weight is 473 g/mol. The number of rotatable bonds is 2. The number of nitrogens with two attached hydrogens (primary N) is 2. The van der Waals surface area contributed by atoms with Gasteiger partial charge in [0.15, 0.2) is 0 Å². The molecule has 0 saturated heterocycles. The first-order valence-corrected chi connectivity index (χ1v) is 11.6. The van der Waals surface area contributed by atoms with Gasteiger partial charge in [-0.15, -0.1) is 0 Å². The van der Waals surface area contributed by atoms with Gasteiger partial charge < -0.3 is 20.9 Å². The molecule has 34 heavy (non-hydrogen) atoms. The Morgan fingerprint density at radius 2 is 1.47 bits per heavy atom. The zero-order chi connectivity index (χ0) is 25.3. The SMILES string of the molecule is CC(C)(C)OC(=O)N(C(=O)OC(C)(C)C)c1ccccc1N1C(N)=NC(N)=NC12CCCCC2. The molecular formula is C24H36N6O4. The first-order valence-electron chi connectivity index (χ1n) is 11.6. The number of carbonyl (C=O) groups excluding carboxylic acids is 2. The fraction of sp³-hybridized carbons (Fsp3) is 0.583. The van der Waals surface area contributed by atoms with E-state index < -0.39 is 29.1 Å². The van der Waals surface area contributed by atoms with Gasteiger partial charge in [-0.25, -0.2) is 14.6 Å². The molecule has 10 heteroatoms. The molecule has 1 aromatic carbocycles. The van der Waals surface area contributed by atoms with Crippen molar-refractivity contribution in [3.63, 3.8) is 0 Å². The number of para-hydroxylation sites is 2. The number of amides is 2. The van der Waals surface area contributed by atoms with E-state index in [-0.39, 0.29) is 17.6 Å². The van der Waals surface area contributed by atoms with Crippen LogP contribution in [0.2, 0.25) is 0 Å². The highest BCUT2D eigenvalue weighted by Gasteiger charge is 2.45. The van der Waals surface area contributed by atoms with Gasteiger partial charge in [-0.1, -0.05) is 18.6 Å². The Morgan fingerprint density at radius 1 is 0.941 bits per heavy atom. The number of ether oxygens (including phenoxy) is 2. The maximum Gasteiger partial charge on any atom is 0.424 e. The smallest absolute Gasteiger partial charge is 0.424 e. The Labute approximate surface area is 201 Å². The summed E-state index contributed by atoms with van der Waals surface area (Å²) in [6.07, 6.45) is 2.64. The lowest BCUT2D eigenvalue weighted by atomic mass is 9.87. The Hall–Kier alpha value is -3.30. The maximum absolute atomic E-state index is 13.3. The Balaban J connectivity index is 2.15. The van der Waals surface area contributed by atoms with Gasteiger partial charge >= 0.3 is 12.2 Å². The number of hydrogen-bond donors (Lipinski definition) is 2. The number of benzene rings is 1. The number of hydrogen-bond acceptors (Lipinski definition) is 9. The summed E-state index contributed by atoms with van der Waals surface area (Å²) in [4.78, 5) is 38.2. The molecule has 1 aliphatic carbocycles. The molecule has 0 atom stereocenters. The van der Waals surface area contributed by atoms with Crippen LogP contribution in [0.1, 0.15) is 73.6 Å². The summed E-state index contributed by atoms with van der Waals surface area (Å²) in [7, 11) is 0. The predicted molar refractivity (Wildman–Crippen MR) is 133 cm³/mol. The lowest BCUT2D eigenvalue weighted by Gasteiger charge is -2.46. The highest BCUT2D eigenvalue weighted by Crippen LogP contribution is 2.43. The first kappa shape index (κ1) is 25.3. The van der Waals surface area contributed by atoms with Crippen LogP contribution in [0.4, 0.5) is 21.0 Å². The van der Waals surface area contributed by atoms with Crippen LogP contribution in [-0.2, 0) is 9.47 Å². The van der Waals surface area contributed by atoms with Crippen LogP contribution in [0, 0.1) is 0 Å². The minimum absolute atomic E-state index is 0.115. The minimum Gasteiger partial charge on any atom is -0.443 e. The van der Waals surface area contributed by atoms with Crippen molar-refractivity contribution >= 4 is 35.5 Å². The highest BCUT2D eigenvalue weighted by atomic mass is 16.6. The largest absolute Gasteiger partial charge is 0.443 e. The van der Waals surface area contributed by atoms with Crippen molar-refractivity contribution in [1.82, 2.24) is 0 Å². The molecule has 1 saturated carbocycles. The molecule has 3 rings (SSSR count). The summed E-state index contributed by atoms with van der Waals surface area (Å²) in [6, 6.07) is 6.94. The van der Waals surface area contributed by atoms with Gasteiger partial charge in [0.25, 0.3) is 0 Å². The van der Waals surface area contributed by atoms with Gasteiger partial charge in [0.05, 0.1) is 11.4 Å². The van der Waals surface area contributed by atoms with Crippen molar-refractivity contribution in [3.05, 3.63) is 24.3 Å². The Morgan fingerprint density at radius 3 is 2.00 bits per heavy atom. The molecule has 1 spiro atoms. The standard InChI is InChI=1S/C24H36N6O4/c1-22(2,3)33-20(31)29(21(32)34-23(4,5)6)16-12-8-9-13-17(16)30-19(26)27-18(25)28-24(30)14-10-7-11-15-24/h8-9,12-13H,7,10-11,14-15H2,1-6H3,(H4,25,26,27,28). The molecule has 0 radical (unpaired) electrons. The summed E-state index contributed by atoms with van der Waals surface area (Å²) in [6.45, 7) is 10.4. The van der Waals surface area contributed by atoms with E-state index in [4.69, 9.17) is 25.9 Å². The predicted octanol–water partition coefficient (Wildman–Crippen LogP) is 4.47. The lowest BCUT2D eigenvalue weighted by molar-refractivity contribution is 0.0430. The molecule has 1 heterocycles. The third kappa shape index (κ3) is 5.60. The zero-order valence-corrected chi connectivity index (χ0v) is 20.9. The summed E-state index contributed by atoms with van der Waals surface area (Å²) < 4.78 is 11.1. The second-order valence-electron chi connectivity index (χ2n) is 10.6. The first-order chi connectivity index (χ1) is 15.7. The van der Waals surface area contributed by atoms with Crippen molar-refractivity contribution in [2.24, 2.45) is 21.5 Å². The molecule has 10 nitrogen and oxygen atoms in total. The molecule has 1 fully saturated rings. The van der Waals surface area contributed by atoms with Crippen molar-refractivity contribution in [1.29, 1.82) is 0 Å². The normalized spacial score (nSPS) is 18.1. The van der Waals surface area contributed by atoms with E-state index >= 15 is 0 Å². The molecule has 186 valence electrons. The van der Waals surface area contributed by atoms with Crippen LogP contribution in [0.5, 0.6) is 0 Å². The maximum atomic E-state index is 13.3. The van der Waals surface area contributed by atoms with Crippen molar-refractivity contribution in [2.45, 2.75) is 90.5 Å². The van der Waals surface area contributed by atoms with Gasteiger partial charge in [0.2, 0.25) is 11.9 Å². The summed E-state index contributed by atoms with van der Waals surface area (Å²) >= 11 is 0. The van der Waals surface area contributed by atoms with Crippen LogP contribution in [0.3, 0.4) is 0 Å². The third-order valence-electron chi connectivity index (χ3n) is 5.37. The fourth-order valence-corrected chi connectivity index (χ4v) is 4.20.